The van der Waals surface area contributed by atoms with E-state index >= 15 is 0 Å². The monoisotopic (exact) mass is 363 g/mol. The second kappa shape index (κ2) is 5.54. The first kappa shape index (κ1) is 14.2. The fraction of sp³-hybridized carbons (Fsp3) is 0.0667. The fourth-order valence-electron chi connectivity index (χ4n) is 2.05. The maximum atomic E-state index is 11.7. The Kier molecular flexibility index (Phi) is 3.73. The summed E-state index contributed by atoms with van der Waals surface area (Å²) in [6.45, 7) is 0. The van der Waals surface area contributed by atoms with Gasteiger partial charge in [0.15, 0.2) is 0 Å². The van der Waals surface area contributed by atoms with Crippen molar-refractivity contribution in [3.05, 3.63) is 46.4 Å². The number of benzene rings is 2. The number of amides is 1. The van der Waals surface area contributed by atoms with Crippen LogP contribution >= 0.6 is 27.7 Å². The first-order valence-electron chi connectivity index (χ1n) is 6.10. The van der Waals surface area contributed by atoms with E-state index in [4.69, 9.17) is 4.74 Å². The molecule has 3 rings (SSSR count). The molecule has 1 heterocycles. The SMILES string of the molecule is COc1ccccc1Sc1cc2c(cc1Br)C(=O)C(=O)N2. The highest BCUT2D eigenvalue weighted by Gasteiger charge is 2.29. The normalized spacial score (nSPS) is 13.0. The van der Waals surface area contributed by atoms with Crippen molar-refractivity contribution in [2.75, 3.05) is 12.4 Å². The second-order valence-corrected chi connectivity index (χ2v) is 6.30. The third kappa shape index (κ3) is 2.56. The Bertz CT molecular complexity index is 761. The summed E-state index contributed by atoms with van der Waals surface area (Å²) in [5, 5.41) is 2.58. The highest BCUT2D eigenvalue weighted by atomic mass is 79.9. The summed E-state index contributed by atoms with van der Waals surface area (Å²) in [6, 6.07) is 11.1. The maximum Gasteiger partial charge on any atom is 0.296 e. The van der Waals surface area contributed by atoms with Gasteiger partial charge in [-0.25, -0.2) is 0 Å². The Morgan fingerprint density at radius 1 is 1.14 bits per heavy atom. The second-order valence-electron chi connectivity index (χ2n) is 4.36. The molecule has 106 valence electrons. The zero-order valence-electron chi connectivity index (χ0n) is 11.0. The van der Waals surface area contributed by atoms with Gasteiger partial charge in [-0.3, -0.25) is 9.59 Å². The van der Waals surface area contributed by atoms with Crippen molar-refractivity contribution in [2.24, 2.45) is 0 Å². The summed E-state index contributed by atoms with van der Waals surface area (Å²) >= 11 is 4.95. The summed E-state index contributed by atoms with van der Waals surface area (Å²) in [5.41, 5.74) is 0.946. The third-order valence-electron chi connectivity index (χ3n) is 3.06. The molecule has 0 radical (unpaired) electrons. The van der Waals surface area contributed by atoms with Gasteiger partial charge in [-0.1, -0.05) is 23.9 Å². The molecule has 0 unspecified atom stereocenters. The molecule has 21 heavy (non-hydrogen) atoms. The van der Waals surface area contributed by atoms with Gasteiger partial charge in [-0.05, 0) is 40.2 Å². The minimum absolute atomic E-state index is 0.399. The number of carbonyl (C=O) groups is 2. The summed E-state index contributed by atoms with van der Waals surface area (Å²) in [4.78, 5) is 24.9. The lowest BCUT2D eigenvalue weighted by Gasteiger charge is -2.10. The molecule has 0 saturated heterocycles. The van der Waals surface area contributed by atoms with Crippen LogP contribution in [0.1, 0.15) is 10.4 Å². The van der Waals surface area contributed by atoms with Crippen LogP contribution in [0.2, 0.25) is 0 Å². The molecule has 0 fully saturated rings. The Labute approximate surface area is 134 Å². The molecule has 0 bridgehead atoms. The van der Waals surface area contributed by atoms with Crippen molar-refractivity contribution in [3.8, 4) is 5.75 Å². The van der Waals surface area contributed by atoms with Crippen LogP contribution in [0.15, 0.2) is 50.7 Å². The highest BCUT2D eigenvalue weighted by molar-refractivity contribution is 9.10. The van der Waals surface area contributed by atoms with Crippen LogP contribution < -0.4 is 10.1 Å². The molecule has 1 aliphatic rings. The van der Waals surface area contributed by atoms with Gasteiger partial charge in [0.05, 0.1) is 23.3 Å². The number of fused-ring (bicyclic) bond motifs is 1. The van der Waals surface area contributed by atoms with Gasteiger partial charge in [0.1, 0.15) is 5.75 Å². The number of methoxy groups -OCH3 is 1. The van der Waals surface area contributed by atoms with E-state index in [0.717, 1.165) is 20.0 Å². The first-order valence-corrected chi connectivity index (χ1v) is 7.71. The lowest BCUT2D eigenvalue weighted by molar-refractivity contribution is -0.112. The predicted molar refractivity (Wildman–Crippen MR) is 84.2 cm³/mol. The lowest BCUT2D eigenvalue weighted by atomic mass is 10.1. The molecule has 0 spiro atoms. The van der Waals surface area contributed by atoms with Gasteiger partial charge < -0.3 is 10.1 Å². The van der Waals surface area contributed by atoms with Gasteiger partial charge >= 0.3 is 0 Å². The third-order valence-corrected chi connectivity index (χ3v) is 5.09. The average Bonchev–Trinajstić information content (AvgIpc) is 2.75. The maximum absolute atomic E-state index is 11.7. The minimum Gasteiger partial charge on any atom is -0.496 e. The van der Waals surface area contributed by atoms with Gasteiger partial charge in [0, 0.05) is 9.37 Å². The van der Waals surface area contributed by atoms with Crippen molar-refractivity contribution >= 4 is 45.1 Å². The van der Waals surface area contributed by atoms with Crippen LogP contribution in [0, 0.1) is 0 Å². The van der Waals surface area contributed by atoms with Crippen molar-refractivity contribution in [1.82, 2.24) is 0 Å². The Morgan fingerprint density at radius 3 is 2.67 bits per heavy atom. The Hall–Kier alpha value is -1.79. The van der Waals surface area contributed by atoms with Crippen LogP contribution in [-0.4, -0.2) is 18.8 Å². The number of Topliss-reactive ketones (excluding diaryl/α,β-unsaturated/α-hetero) is 1. The van der Waals surface area contributed by atoms with Crippen LogP contribution in [0.25, 0.3) is 0 Å². The van der Waals surface area contributed by atoms with E-state index < -0.39 is 11.7 Å². The predicted octanol–water partition coefficient (Wildman–Crippen LogP) is 3.74. The van der Waals surface area contributed by atoms with Crippen LogP contribution in [-0.2, 0) is 4.79 Å². The summed E-state index contributed by atoms with van der Waals surface area (Å²) < 4.78 is 6.09. The van der Waals surface area contributed by atoms with Gasteiger partial charge in [0.2, 0.25) is 0 Å². The average molecular weight is 364 g/mol. The van der Waals surface area contributed by atoms with Crippen molar-refractivity contribution in [1.29, 1.82) is 0 Å². The number of para-hydroxylation sites is 1. The zero-order chi connectivity index (χ0) is 15.0. The number of rotatable bonds is 3. The number of nitrogens with one attached hydrogen (secondary N) is 1. The zero-order valence-corrected chi connectivity index (χ0v) is 13.4. The quantitative estimate of drug-likeness (QED) is 0.843. The molecule has 1 N–H and O–H groups in total. The standard InChI is InChI=1S/C15H10BrNO3S/c1-20-11-4-2-3-5-12(11)21-13-7-10-8(6-9(13)16)14(18)15(19)17-10/h2-7H,1H3,(H,17,18,19). The highest BCUT2D eigenvalue weighted by Crippen LogP contribution is 2.41. The van der Waals surface area contributed by atoms with E-state index in [2.05, 4.69) is 21.2 Å². The number of hydrogen-bond acceptors (Lipinski definition) is 4. The topological polar surface area (TPSA) is 55.4 Å². The smallest absolute Gasteiger partial charge is 0.296 e. The molecule has 1 amide bonds. The molecular formula is C15H10BrNO3S. The molecule has 0 aliphatic carbocycles. The van der Waals surface area contributed by atoms with Gasteiger partial charge in [-0.2, -0.15) is 0 Å². The molecule has 0 saturated carbocycles. The molecule has 4 nitrogen and oxygen atoms in total. The fourth-order valence-corrected chi connectivity index (χ4v) is 3.60. The van der Waals surface area contributed by atoms with E-state index in [1.807, 2.05) is 24.3 Å². The van der Waals surface area contributed by atoms with E-state index in [1.165, 1.54) is 11.8 Å². The number of ether oxygens (including phenoxy) is 1. The number of halogens is 1. The first-order chi connectivity index (χ1) is 10.1. The van der Waals surface area contributed by atoms with Crippen LogP contribution in [0.4, 0.5) is 5.69 Å². The number of ketones is 1. The Morgan fingerprint density at radius 2 is 1.90 bits per heavy atom. The number of anilines is 1. The lowest BCUT2D eigenvalue weighted by Crippen LogP contribution is -2.12. The molecule has 0 atom stereocenters. The summed E-state index contributed by atoms with van der Waals surface area (Å²) in [5.74, 6) is -0.314. The van der Waals surface area contributed by atoms with Crippen LogP contribution in [0.5, 0.6) is 5.75 Å². The van der Waals surface area contributed by atoms with Gasteiger partial charge in [-0.15, -0.1) is 0 Å². The van der Waals surface area contributed by atoms with Gasteiger partial charge in [0.25, 0.3) is 11.7 Å². The molecule has 0 aromatic heterocycles. The van der Waals surface area contributed by atoms with Crippen molar-refractivity contribution in [2.45, 2.75) is 9.79 Å². The Balaban J connectivity index is 1.99. The minimum atomic E-state index is -0.587. The van der Waals surface area contributed by atoms with E-state index in [0.29, 0.717) is 11.3 Å². The summed E-state index contributed by atoms with van der Waals surface area (Å²) in [6.07, 6.45) is 0. The molecule has 2 aromatic rings. The van der Waals surface area contributed by atoms with E-state index in [1.54, 1.807) is 19.2 Å². The number of carbonyl (C=O) groups excluding carboxylic acids is 2. The molecule has 6 heteroatoms. The van der Waals surface area contributed by atoms with E-state index in [9.17, 15) is 9.59 Å². The summed E-state index contributed by atoms with van der Waals surface area (Å²) in [7, 11) is 1.62. The van der Waals surface area contributed by atoms with Crippen molar-refractivity contribution in [3.63, 3.8) is 0 Å². The van der Waals surface area contributed by atoms with E-state index in [-0.39, 0.29) is 0 Å². The van der Waals surface area contributed by atoms with Crippen molar-refractivity contribution < 1.29 is 14.3 Å². The molecular weight excluding hydrogens is 354 g/mol. The molecule has 2 aromatic carbocycles. The molecule has 1 aliphatic heterocycles. The van der Waals surface area contributed by atoms with Crippen LogP contribution in [0.3, 0.4) is 0 Å². The number of hydrogen-bond donors (Lipinski definition) is 1. The largest absolute Gasteiger partial charge is 0.496 e.